The molecule has 3 heterocycles. The van der Waals surface area contributed by atoms with Crippen molar-refractivity contribution in [3.8, 4) is 22.9 Å². The van der Waals surface area contributed by atoms with Crippen LogP contribution in [0.15, 0.2) is 42.0 Å². The summed E-state index contributed by atoms with van der Waals surface area (Å²) in [6.45, 7) is -0.957. The maximum absolute atomic E-state index is 11.9. The zero-order valence-electron chi connectivity index (χ0n) is 19.0. The van der Waals surface area contributed by atoms with Crippen molar-refractivity contribution >= 4 is 45.9 Å². The number of nitrogens with zero attached hydrogens (tertiary/aromatic N) is 5. The van der Waals surface area contributed by atoms with E-state index in [1.807, 2.05) is 30.3 Å². The van der Waals surface area contributed by atoms with Crippen molar-refractivity contribution in [2.24, 2.45) is 0 Å². The molecule has 3 aromatic heterocycles. The predicted molar refractivity (Wildman–Crippen MR) is 134 cm³/mol. The van der Waals surface area contributed by atoms with E-state index in [0.29, 0.717) is 5.01 Å². The summed E-state index contributed by atoms with van der Waals surface area (Å²) in [6, 6.07) is 9.28. The van der Waals surface area contributed by atoms with Crippen LogP contribution in [0.5, 0.6) is 0 Å². The van der Waals surface area contributed by atoms with E-state index in [0.717, 1.165) is 5.56 Å². The van der Waals surface area contributed by atoms with Crippen molar-refractivity contribution in [1.29, 1.82) is 0 Å². The second kappa shape index (κ2) is 11.6. The van der Waals surface area contributed by atoms with E-state index in [1.54, 1.807) is 5.38 Å². The molecule has 0 aliphatic heterocycles. The lowest BCUT2D eigenvalue weighted by molar-refractivity contribution is -0.164. The molecule has 12 nitrogen and oxygen atoms in total. The fourth-order valence-corrected chi connectivity index (χ4v) is 4.42. The van der Waals surface area contributed by atoms with Gasteiger partial charge < -0.3 is 30.5 Å². The predicted octanol–water partition coefficient (Wildman–Crippen LogP) is 1.90. The highest BCUT2D eigenvalue weighted by Gasteiger charge is 2.30. The van der Waals surface area contributed by atoms with Gasteiger partial charge in [0.25, 0.3) is 0 Å². The summed E-state index contributed by atoms with van der Waals surface area (Å²) >= 11 is 7.18. The van der Waals surface area contributed by atoms with Gasteiger partial charge in [-0.1, -0.05) is 36.3 Å². The van der Waals surface area contributed by atoms with Crippen molar-refractivity contribution in [2.75, 3.05) is 18.9 Å². The number of aromatic nitrogens is 5. The number of carboxylic acid groups (broad SMARTS) is 1. The molecule has 14 heteroatoms. The summed E-state index contributed by atoms with van der Waals surface area (Å²) in [5.41, 5.74) is 7.19. The molecule has 5 N–H and O–H groups in total. The first kappa shape index (κ1) is 26.4. The van der Waals surface area contributed by atoms with Crippen molar-refractivity contribution in [3.63, 3.8) is 0 Å². The number of carboxylic acids is 1. The van der Waals surface area contributed by atoms with Gasteiger partial charge in [-0.3, -0.25) is 4.57 Å². The molecule has 0 aliphatic rings. The summed E-state index contributed by atoms with van der Waals surface area (Å²) in [7, 11) is 0. The van der Waals surface area contributed by atoms with Gasteiger partial charge in [-0.15, -0.1) is 17.8 Å². The summed E-state index contributed by atoms with van der Waals surface area (Å²) in [5, 5.41) is 32.2. The van der Waals surface area contributed by atoms with Gasteiger partial charge in [-0.25, -0.2) is 14.8 Å². The number of halogens is 1. The van der Waals surface area contributed by atoms with E-state index in [2.05, 4.69) is 25.9 Å². The highest BCUT2D eigenvalue weighted by atomic mass is 35.5. The molecule has 0 unspecified atom stereocenters. The monoisotopic (exact) mass is 544 g/mol. The lowest BCUT2D eigenvalue weighted by atomic mass is 10.2. The van der Waals surface area contributed by atoms with Crippen molar-refractivity contribution in [1.82, 2.24) is 24.5 Å². The van der Waals surface area contributed by atoms with Gasteiger partial charge in [-0.2, -0.15) is 9.97 Å². The lowest BCUT2D eigenvalue weighted by Gasteiger charge is -2.27. The van der Waals surface area contributed by atoms with E-state index >= 15 is 0 Å². The largest absolute Gasteiger partial charge is 0.479 e. The first-order chi connectivity index (χ1) is 17.8. The minimum atomic E-state index is -1.51. The van der Waals surface area contributed by atoms with E-state index in [-0.39, 0.29) is 34.6 Å². The zero-order valence-corrected chi connectivity index (χ0v) is 20.6. The number of hydrogen-bond acceptors (Lipinski definition) is 11. The number of carbonyl (C=O) groups is 1. The summed E-state index contributed by atoms with van der Waals surface area (Å²) in [4.78, 5) is 28.3. The van der Waals surface area contributed by atoms with E-state index in [1.165, 1.54) is 22.2 Å². The molecular weight excluding hydrogens is 524 g/mol. The third-order valence-electron chi connectivity index (χ3n) is 5.16. The standard InChI is InChI=1S/C23H21ClN6O6S/c1-2-15(32)21(30-11-26-16-18(25)28-23(24)29-19(16)30)36-13(8-31)9-35-17(22(33)34)14-10-37-20(27-14)12-6-4-3-5-7-12/h1,3-7,10-11,13,15,17,21,31-32H,8-9H2,(H,33,34)(H2,25,28,29)/t13-,15+,17+,21+/m0/s1. The van der Waals surface area contributed by atoms with Gasteiger partial charge in [0.05, 0.1) is 25.2 Å². The third kappa shape index (κ3) is 5.86. The number of nitrogen functional groups attached to an aromatic ring is 1. The molecule has 1 aromatic carbocycles. The van der Waals surface area contributed by atoms with Gasteiger partial charge in [0.15, 0.2) is 29.9 Å². The Labute approximate surface area is 219 Å². The van der Waals surface area contributed by atoms with Crippen LogP contribution in [0, 0.1) is 12.3 Å². The second-order valence-corrected chi connectivity index (χ2v) is 8.84. The zero-order chi connectivity index (χ0) is 26.5. The van der Waals surface area contributed by atoms with Gasteiger partial charge in [0, 0.05) is 10.9 Å². The maximum Gasteiger partial charge on any atom is 0.339 e. The van der Waals surface area contributed by atoms with Crippen LogP contribution in [-0.2, 0) is 14.3 Å². The number of hydrogen-bond donors (Lipinski definition) is 4. The average Bonchev–Trinajstić information content (AvgIpc) is 3.54. The first-order valence-corrected chi connectivity index (χ1v) is 12.0. The molecule has 0 spiro atoms. The smallest absolute Gasteiger partial charge is 0.339 e. The highest BCUT2D eigenvalue weighted by molar-refractivity contribution is 7.13. The van der Waals surface area contributed by atoms with Crippen molar-refractivity contribution in [3.05, 3.63) is 53.0 Å². The fourth-order valence-electron chi connectivity index (χ4n) is 3.41. The number of nitrogens with two attached hydrogens (primary N) is 1. The van der Waals surface area contributed by atoms with Gasteiger partial charge >= 0.3 is 5.97 Å². The van der Waals surface area contributed by atoms with Crippen LogP contribution in [0.3, 0.4) is 0 Å². The molecule has 4 rings (SSSR count). The minimum absolute atomic E-state index is 0.00664. The van der Waals surface area contributed by atoms with Crippen LogP contribution in [0.2, 0.25) is 5.28 Å². The fraction of sp³-hybridized carbons (Fsp3) is 0.261. The van der Waals surface area contributed by atoms with Crippen LogP contribution >= 0.6 is 22.9 Å². The number of fused-ring (bicyclic) bond motifs is 1. The molecule has 4 atom stereocenters. The minimum Gasteiger partial charge on any atom is -0.479 e. The number of terminal acetylenes is 1. The Hall–Kier alpha value is -3.64. The number of aliphatic hydroxyl groups excluding tert-OH is 2. The molecule has 4 aromatic rings. The third-order valence-corrected chi connectivity index (χ3v) is 6.23. The van der Waals surface area contributed by atoms with Crippen molar-refractivity contribution < 1.29 is 29.6 Å². The highest BCUT2D eigenvalue weighted by Crippen LogP contribution is 2.29. The lowest BCUT2D eigenvalue weighted by Crippen LogP contribution is -2.34. The molecular formula is C23H21ClN6O6S. The Kier molecular flexibility index (Phi) is 8.29. The van der Waals surface area contributed by atoms with Crippen LogP contribution in [0.4, 0.5) is 5.82 Å². The Morgan fingerprint density at radius 1 is 1.27 bits per heavy atom. The normalized spacial score (nSPS) is 14.6. The Morgan fingerprint density at radius 3 is 2.70 bits per heavy atom. The Morgan fingerprint density at radius 2 is 2.03 bits per heavy atom. The molecule has 0 amide bonds. The van der Waals surface area contributed by atoms with Gasteiger partial charge in [0.1, 0.15) is 16.6 Å². The maximum atomic E-state index is 11.9. The number of thiazole rings is 1. The summed E-state index contributed by atoms with van der Waals surface area (Å²) in [6.07, 6.45) is 1.34. The van der Waals surface area contributed by atoms with Crippen LogP contribution in [0.25, 0.3) is 21.7 Å². The summed E-state index contributed by atoms with van der Waals surface area (Å²) < 4.78 is 12.7. The van der Waals surface area contributed by atoms with E-state index in [9.17, 15) is 20.1 Å². The molecule has 0 radical (unpaired) electrons. The SMILES string of the molecule is C#C[C@@H](O)[C@@H](O[C@@H](CO)CO[C@@H](C(=O)O)c1csc(-c2ccccc2)n1)n1cnc2c(N)nc(Cl)nc21. The van der Waals surface area contributed by atoms with E-state index in [4.69, 9.17) is 33.2 Å². The Balaban J connectivity index is 1.53. The number of aliphatic carboxylic acids is 1. The van der Waals surface area contributed by atoms with Crippen LogP contribution in [0.1, 0.15) is 18.0 Å². The number of imidazole rings is 1. The topological polar surface area (TPSA) is 179 Å². The number of rotatable bonds is 11. The summed E-state index contributed by atoms with van der Waals surface area (Å²) in [5.74, 6) is 0.886. The quantitative estimate of drug-likeness (QED) is 0.160. The number of aliphatic hydroxyl groups is 2. The molecule has 0 bridgehead atoms. The van der Waals surface area contributed by atoms with E-state index < -0.39 is 37.1 Å². The number of anilines is 1. The average molecular weight is 545 g/mol. The van der Waals surface area contributed by atoms with Crippen LogP contribution in [-0.4, -0.2) is 71.2 Å². The number of ether oxygens (including phenoxy) is 2. The van der Waals surface area contributed by atoms with Gasteiger partial charge in [0.2, 0.25) is 5.28 Å². The molecule has 0 aliphatic carbocycles. The molecule has 0 fully saturated rings. The van der Waals surface area contributed by atoms with Gasteiger partial charge in [-0.05, 0) is 11.6 Å². The van der Waals surface area contributed by atoms with Crippen molar-refractivity contribution in [2.45, 2.75) is 24.5 Å². The Bertz CT molecular complexity index is 1420. The number of benzene rings is 1. The van der Waals surface area contributed by atoms with Crippen LogP contribution < -0.4 is 5.73 Å². The molecule has 0 saturated carbocycles. The second-order valence-electron chi connectivity index (χ2n) is 7.64. The molecule has 0 saturated heterocycles. The molecule has 37 heavy (non-hydrogen) atoms. The first-order valence-electron chi connectivity index (χ1n) is 10.7. The molecule has 192 valence electrons.